The third-order valence-electron chi connectivity index (χ3n) is 5.41. The minimum absolute atomic E-state index is 0.101. The van der Waals surface area contributed by atoms with Crippen LogP contribution in [0.5, 0.6) is 0 Å². The molecule has 3 aliphatic rings. The molecule has 4 heteroatoms. The first-order valence-electron chi connectivity index (χ1n) is 8.71. The number of rotatable bonds is 4. The van der Waals surface area contributed by atoms with Gasteiger partial charge in [-0.15, -0.1) is 0 Å². The Labute approximate surface area is 128 Å². The Bertz CT molecular complexity index is 454. The van der Waals surface area contributed by atoms with E-state index in [0.29, 0.717) is 11.6 Å². The van der Waals surface area contributed by atoms with Crippen LogP contribution in [0.3, 0.4) is 0 Å². The second-order valence-corrected chi connectivity index (χ2v) is 6.58. The first-order chi connectivity index (χ1) is 10.3. The fourth-order valence-electron chi connectivity index (χ4n) is 3.97. The van der Waals surface area contributed by atoms with E-state index in [1.807, 2.05) is 20.0 Å². The molecule has 2 heterocycles. The smallest absolute Gasteiger partial charge is 0.0712 e. The lowest BCUT2D eigenvalue weighted by molar-refractivity contribution is 0.102. The van der Waals surface area contributed by atoms with E-state index in [-0.39, 0.29) is 6.61 Å². The Kier molecular flexibility index (Phi) is 4.36. The van der Waals surface area contributed by atoms with Crippen LogP contribution in [0.1, 0.15) is 64.0 Å². The number of hydrogen-bond acceptors (Lipinski definition) is 3. The molecule has 1 aromatic heterocycles. The van der Waals surface area contributed by atoms with Crippen LogP contribution in [-0.4, -0.2) is 38.4 Å². The number of aliphatic hydroxyl groups is 1. The Balaban J connectivity index is 0.000000636. The van der Waals surface area contributed by atoms with Crippen LogP contribution in [0.2, 0.25) is 0 Å². The standard InChI is InChI=1S/C15H23N3O.C2H6/c19-11-12-9-16-18(10-12)14-3-7-17(8-4-14)15(5-6-15)13-1-2-13;1-2/h9-10,13-14,19H,1-8,11H2;1-2H3. The molecule has 1 aromatic rings. The van der Waals surface area contributed by atoms with Crippen molar-refractivity contribution < 1.29 is 5.11 Å². The summed E-state index contributed by atoms with van der Waals surface area (Å²) in [6.07, 6.45) is 12.0. The lowest BCUT2D eigenvalue weighted by Gasteiger charge is -2.38. The van der Waals surface area contributed by atoms with E-state index in [0.717, 1.165) is 11.5 Å². The molecule has 4 rings (SSSR count). The maximum atomic E-state index is 9.11. The molecule has 2 aliphatic carbocycles. The number of nitrogens with zero attached hydrogens (tertiary/aromatic N) is 3. The average Bonchev–Trinajstić information content (AvgIpc) is 3.46. The van der Waals surface area contributed by atoms with Gasteiger partial charge < -0.3 is 5.11 Å². The van der Waals surface area contributed by atoms with E-state index >= 15 is 0 Å². The molecule has 0 atom stereocenters. The highest BCUT2D eigenvalue weighted by Gasteiger charge is 2.57. The van der Waals surface area contributed by atoms with Crippen LogP contribution in [0.4, 0.5) is 0 Å². The van der Waals surface area contributed by atoms with Crippen LogP contribution in [0.15, 0.2) is 12.4 Å². The predicted octanol–water partition coefficient (Wildman–Crippen LogP) is 2.98. The zero-order valence-electron chi connectivity index (χ0n) is 13.5. The molecule has 0 aromatic carbocycles. The van der Waals surface area contributed by atoms with Gasteiger partial charge in [0.15, 0.2) is 0 Å². The van der Waals surface area contributed by atoms with E-state index in [9.17, 15) is 0 Å². The van der Waals surface area contributed by atoms with Crippen LogP contribution in [0, 0.1) is 5.92 Å². The number of likely N-dealkylation sites (tertiary alicyclic amines) is 1. The molecule has 4 nitrogen and oxygen atoms in total. The molecular weight excluding hydrogens is 262 g/mol. The molecule has 3 fully saturated rings. The monoisotopic (exact) mass is 291 g/mol. The summed E-state index contributed by atoms with van der Waals surface area (Å²) in [5.74, 6) is 1.02. The highest BCUT2D eigenvalue weighted by Crippen LogP contribution is 2.58. The molecule has 0 amide bonds. The molecule has 0 spiro atoms. The fourth-order valence-corrected chi connectivity index (χ4v) is 3.97. The van der Waals surface area contributed by atoms with E-state index < -0.39 is 0 Å². The van der Waals surface area contributed by atoms with Crippen molar-refractivity contribution in [3.05, 3.63) is 18.0 Å². The minimum Gasteiger partial charge on any atom is -0.392 e. The Morgan fingerprint density at radius 3 is 2.33 bits per heavy atom. The van der Waals surface area contributed by atoms with Crippen LogP contribution >= 0.6 is 0 Å². The normalized spacial score (nSPS) is 25.3. The first kappa shape index (κ1) is 15.0. The third-order valence-corrected chi connectivity index (χ3v) is 5.41. The average molecular weight is 291 g/mol. The van der Waals surface area contributed by atoms with Gasteiger partial charge in [-0.25, -0.2) is 0 Å². The molecule has 0 radical (unpaired) electrons. The van der Waals surface area contributed by atoms with Gasteiger partial charge in [-0.3, -0.25) is 9.58 Å². The van der Waals surface area contributed by atoms with E-state index in [4.69, 9.17) is 5.11 Å². The maximum absolute atomic E-state index is 9.11. The van der Waals surface area contributed by atoms with Gasteiger partial charge in [-0.2, -0.15) is 5.10 Å². The number of aliphatic hydroxyl groups excluding tert-OH is 1. The van der Waals surface area contributed by atoms with Gasteiger partial charge in [-0.1, -0.05) is 13.8 Å². The highest BCUT2D eigenvalue weighted by molar-refractivity contribution is 5.13. The van der Waals surface area contributed by atoms with Crippen molar-refractivity contribution in [3.63, 3.8) is 0 Å². The Morgan fingerprint density at radius 1 is 1.19 bits per heavy atom. The number of aromatic nitrogens is 2. The van der Waals surface area contributed by atoms with Gasteiger partial charge in [0, 0.05) is 30.4 Å². The molecule has 0 bridgehead atoms. The zero-order chi connectivity index (χ0) is 14.9. The summed E-state index contributed by atoms with van der Waals surface area (Å²) < 4.78 is 2.07. The summed E-state index contributed by atoms with van der Waals surface area (Å²) in [5.41, 5.74) is 1.56. The van der Waals surface area contributed by atoms with Gasteiger partial charge in [0.2, 0.25) is 0 Å². The van der Waals surface area contributed by atoms with Crippen LogP contribution < -0.4 is 0 Å². The van der Waals surface area contributed by atoms with Crippen molar-refractivity contribution in [2.45, 2.75) is 70.6 Å². The van der Waals surface area contributed by atoms with Gasteiger partial charge >= 0.3 is 0 Å². The van der Waals surface area contributed by atoms with Crippen LogP contribution in [-0.2, 0) is 6.61 Å². The van der Waals surface area contributed by atoms with Crippen molar-refractivity contribution in [2.24, 2.45) is 5.92 Å². The minimum atomic E-state index is 0.101. The van der Waals surface area contributed by atoms with Crippen molar-refractivity contribution in [3.8, 4) is 0 Å². The van der Waals surface area contributed by atoms with Gasteiger partial charge in [0.1, 0.15) is 0 Å². The predicted molar refractivity (Wildman–Crippen MR) is 84.0 cm³/mol. The highest BCUT2D eigenvalue weighted by atomic mass is 16.3. The van der Waals surface area contributed by atoms with Crippen molar-refractivity contribution >= 4 is 0 Å². The van der Waals surface area contributed by atoms with Crippen molar-refractivity contribution in [1.29, 1.82) is 0 Å². The summed E-state index contributed by atoms with van der Waals surface area (Å²) in [7, 11) is 0. The molecule has 2 saturated carbocycles. The lowest BCUT2D eigenvalue weighted by atomic mass is 10.00. The van der Waals surface area contributed by atoms with Gasteiger partial charge in [0.05, 0.1) is 18.8 Å². The summed E-state index contributed by atoms with van der Waals surface area (Å²) >= 11 is 0. The fraction of sp³-hybridized carbons (Fsp3) is 0.824. The number of piperidine rings is 1. The maximum Gasteiger partial charge on any atom is 0.0712 e. The molecule has 1 aliphatic heterocycles. The lowest BCUT2D eigenvalue weighted by Crippen LogP contribution is -2.44. The van der Waals surface area contributed by atoms with E-state index in [1.54, 1.807) is 6.20 Å². The Morgan fingerprint density at radius 2 is 1.86 bits per heavy atom. The molecule has 21 heavy (non-hydrogen) atoms. The van der Waals surface area contributed by atoms with Crippen molar-refractivity contribution in [2.75, 3.05) is 13.1 Å². The van der Waals surface area contributed by atoms with Crippen LogP contribution in [0.25, 0.3) is 0 Å². The van der Waals surface area contributed by atoms with E-state index in [2.05, 4.69) is 14.7 Å². The summed E-state index contributed by atoms with van der Waals surface area (Å²) in [5, 5.41) is 13.5. The Hall–Kier alpha value is -0.870. The van der Waals surface area contributed by atoms with Gasteiger partial charge in [-0.05, 0) is 44.4 Å². The summed E-state index contributed by atoms with van der Waals surface area (Å²) in [6, 6.07) is 0.534. The number of hydrogen-bond donors (Lipinski definition) is 1. The summed E-state index contributed by atoms with van der Waals surface area (Å²) in [4.78, 5) is 2.78. The molecule has 1 saturated heterocycles. The van der Waals surface area contributed by atoms with Gasteiger partial charge in [0.25, 0.3) is 0 Å². The quantitative estimate of drug-likeness (QED) is 0.927. The van der Waals surface area contributed by atoms with Crippen molar-refractivity contribution in [1.82, 2.24) is 14.7 Å². The third kappa shape index (κ3) is 2.88. The zero-order valence-corrected chi connectivity index (χ0v) is 13.5. The largest absolute Gasteiger partial charge is 0.392 e. The SMILES string of the molecule is CC.OCc1cnn(C2CCN(C3(C4CC4)CC3)CC2)c1. The molecule has 1 N–H and O–H groups in total. The molecule has 0 unspecified atom stereocenters. The second kappa shape index (κ2) is 6.09. The first-order valence-corrected chi connectivity index (χ1v) is 8.71. The topological polar surface area (TPSA) is 41.3 Å². The van der Waals surface area contributed by atoms with E-state index in [1.165, 1.54) is 51.6 Å². The molecular formula is C17H29N3O. The second-order valence-electron chi connectivity index (χ2n) is 6.58. The summed E-state index contributed by atoms with van der Waals surface area (Å²) in [6.45, 7) is 6.56. The molecule has 118 valence electrons.